The lowest BCUT2D eigenvalue weighted by Gasteiger charge is -2.33. The highest BCUT2D eigenvalue weighted by Crippen LogP contribution is 2.31. The molecule has 8 heteroatoms. The van der Waals surface area contributed by atoms with E-state index in [4.69, 9.17) is 4.74 Å². The van der Waals surface area contributed by atoms with Crippen molar-refractivity contribution in [2.75, 3.05) is 33.4 Å². The molecule has 24 heavy (non-hydrogen) atoms. The number of hydrogen-bond acceptors (Lipinski definition) is 5. The maximum Gasteiger partial charge on any atom is 0.418 e. The van der Waals surface area contributed by atoms with Crippen LogP contribution in [-0.2, 0) is 17.5 Å². The van der Waals surface area contributed by atoms with E-state index < -0.39 is 17.8 Å². The number of aliphatic hydroxyl groups excluding tert-OH is 1. The fourth-order valence-corrected chi connectivity index (χ4v) is 2.94. The number of ether oxygens (including phenoxy) is 1. The average molecular weight is 347 g/mol. The molecule has 5 nitrogen and oxygen atoms in total. The quantitative estimate of drug-likeness (QED) is 0.786. The number of nitrogens with zero attached hydrogens (tertiary/aromatic N) is 2. The molecule has 1 saturated heterocycles. The van der Waals surface area contributed by atoms with Crippen molar-refractivity contribution in [2.24, 2.45) is 0 Å². The number of β-amino-alcohol motifs (C(OH)–C–C–N with tert-alkyl or cyclic N) is 1. The first-order valence-corrected chi connectivity index (χ1v) is 8.04. The number of nitrogens with one attached hydrogen (secondary N) is 1. The molecule has 1 aliphatic heterocycles. The van der Waals surface area contributed by atoms with Crippen LogP contribution in [0.5, 0.6) is 0 Å². The van der Waals surface area contributed by atoms with Crippen LogP contribution in [0.25, 0.3) is 0 Å². The highest BCUT2D eigenvalue weighted by atomic mass is 19.4. The minimum absolute atomic E-state index is 0.0305. The third-order valence-electron chi connectivity index (χ3n) is 4.17. The molecule has 2 N–H and O–H groups in total. The molecule has 0 aromatic carbocycles. The van der Waals surface area contributed by atoms with Crippen molar-refractivity contribution in [1.82, 2.24) is 15.2 Å². The zero-order valence-corrected chi connectivity index (χ0v) is 13.7. The Labute approximate surface area is 139 Å². The average Bonchev–Trinajstić information content (AvgIpc) is 2.54. The van der Waals surface area contributed by atoms with Crippen LogP contribution in [0.2, 0.25) is 0 Å². The van der Waals surface area contributed by atoms with Gasteiger partial charge in [-0.15, -0.1) is 0 Å². The minimum atomic E-state index is -4.38. The first kappa shape index (κ1) is 19.1. The van der Waals surface area contributed by atoms with Gasteiger partial charge in [-0.2, -0.15) is 13.2 Å². The first-order chi connectivity index (χ1) is 11.4. The summed E-state index contributed by atoms with van der Waals surface area (Å²) >= 11 is 0. The molecule has 1 aliphatic rings. The van der Waals surface area contributed by atoms with Gasteiger partial charge in [0.15, 0.2) is 0 Å². The van der Waals surface area contributed by atoms with E-state index in [0.717, 1.165) is 32.0 Å². The van der Waals surface area contributed by atoms with Crippen LogP contribution in [0, 0.1) is 0 Å². The normalized spacial score (nSPS) is 18.7. The molecular weight excluding hydrogens is 323 g/mol. The van der Waals surface area contributed by atoms with Gasteiger partial charge in [0.05, 0.1) is 24.0 Å². The number of piperidine rings is 1. The van der Waals surface area contributed by atoms with Crippen molar-refractivity contribution in [3.05, 3.63) is 29.6 Å². The second kappa shape index (κ2) is 8.75. The smallest absolute Gasteiger partial charge is 0.389 e. The van der Waals surface area contributed by atoms with Gasteiger partial charge in [-0.1, -0.05) is 0 Å². The lowest BCUT2D eigenvalue weighted by Crippen LogP contribution is -2.45. The largest absolute Gasteiger partial charge is 0.418 e. The van der Waals surface area contributed by atoms with Crippen LogP contribution in [-0.4, -0.2) is 60.5 Å². The van der Waals surface area contributed by atoms with Gasteiger partial charge in [-0.3, -0.25) is 4.98 Å². The van der Waals surface area contributed by atoms with Gasteiger partial charge in [0, 0.05) is 32.4 Å². The minimum Gasteiger partial charge on any atom is -0.389 e. The Balaban J connectivity index is 1.79. The van der Waals surface area contributed by atoms with E-state index in [9.17, 15) is 18.3 Å². The number of pyridine rings is 1. The number of halogens is 3. The maximum absolute atomic E-state index is 12.9. The summed E-state index contributed by atoms with van der Waals surface area (Å²) in [5.41, 5.74) is -0.652. The molecule has 0 saturated carbocycles. The summed E-state index contributed by atoms with van der Waals surface area (Å²) < 4.78 is 43.7. The van der Waals surface area contributed by atoms with Crippen molar-refractivity contribution in [3.63, 3.8) is 0 Å². The van der Waals surface area contributed by atoms with Gasteiger partial charge in [0.25, 0.3) is 0 Å². The number of rotatable bonds is 7. The summed E-state index contributed by atoms with van der Waals surface area (Å²) in [5.74, 6) is 0. The molecule has 0 spiro atoms. The standard InChI is InChI=1S/C16H24F3N3O2/c1-24-11-13(23)10-22-7-4-12(5-8-22)21-9-15-14(16(17,18)19)3-2-6-20-15/h2-3,6,12-13,21,23H,4-5,7-11H2,1H3. The Morgan fingerprint density at radius 1 is 1.42 bits per heavy atom. The molecule has 1 aromatic heterocycles. The van der Waals surface area contributed by atoms with Crippen LogP contribution in [0.1, 0.15) is 24.1 Å². The Bertz CT molecular complexity index is 506. The van der Waals surface area contributed by atoms with Crippen LogP contribution < -0.4 is 5.32 Å². The number of aromatic nitrogens is 1. The Hall–Kier alpha value is -1.22. The molecule has 1 aromatic rings. The SMILES string of the molecule is COCC(O)CN1CCC(NCc2ncccc2C(F)(F)F)CC1. The van der Waals surface area contributed by atoms with Crippen LogP contribution >= 0.6 is 0 Å². The topological polar surface area (TPSA) is 57.6 Å². The zero-order chi connectivity index (χ0) is 17.6. The summed E-state index contributed by atoms with van der Waals surface area (Å²) in [5, 5.41) is 12.9. The fourth-order valence-electron chi connectivity index (χ4n) is 2.94. The lowest BCUT2D eigenvalue weighted by molar-refractivity contribution is -0.138. The lowest BCUT2D eigenvalue weighted by atomic mass is 10.0. The third kappa shape index (κ3) is 5.70. The monoisotopic (exact) mass is 347 g/mol. The van der Waals surface area contributed by atoms with E-state index in [1.165, 1.54) is 12.3 Å². The summed E-state index contributed by atoms with van der Waals surface area (Å²) in [6.45, 7) is 2.56. The fraction of sp³-hybridized carbons (Fsp3) is 0.688. The van der Waals surface area contributed by atoms with Gasteiger partial charge in [0.2, 0.25) is 0 Å². The zero-order valence-electron chi connectivity index (χ0n) is 13.7. The Morgan fingerprint density at radius 3 is 2.75 bits per heavy atom. The first-order valence-electron chi connectivity index (χ1n) is 8.04. The van der Waals surface area contributed by atoms with Crippen molar-refractivity contribution in [2.45, 2.75) is 37.7 Å². The third-order valence-corrected chi connectivity index (χ3v) is 4.17. The summed E-state index contributed by atoms with van der Waals surface area (Å²) in [6.07, 6.45) is -1.86. The molecule has 1 atom stereocenters. The molecular formula is C16H24F3N3O2. The summed E-state index contributed by atoms with van der Waals surface area (Å²) in [7, 11) is 1.55. The van der Waals surface area contributed by atoms with Gasteiger partial charge < -0.3 is 20.1 Å². The number of alkyl halides is 3. The molecule has 0 bridgehead atoms. The number of methoxy groups -OCH3 is 1. The van der Waals surface area contributed by atoms with Crippen molar-refractivity contribution < 1.29 is 23.0 Å². The highest BCUT2D eigenvalue weighted by Gasteiger charge is 2.33. The van der Waals surface area contributed by atoms with E-state index in [-0.39, 0.29) is 18.3 Å². The van der Waals surface area contributed by atoms with E-state index in [1.54, 1.807) is 7.11 Å². The van der Waals surface area contributed by atoms with E-state index in [1.807, 2.05) is 0 Å². The van der Waals surface area contributed by atoms with Gasteiger partial charge in [0.1, 0.15) is 0 Å². The summed E-state index contributed by atoms with van der Waals surface area (Å²) in [6, 6.07) is 2.52. The predicted octanol–water partition coefficient (Wildman–Crippen LogP) is 1.66. The van der Waals surface area contributed by atoms with Crippen molar-refractivity contribution in [3.8, 4) is 0 Å². The van der Waals surface area contributed by atoms with Gasteiger partial charge in [-0.05, 0) is 38.1 Å². The maximum atomic E-state index is 12.9. The van der Waals surface area contributed by atoms with Gasteiger partial charge >= 0.3 is 6.18 Å². The Kier molecular flexibility index (Phi) is 6.97. The molecule has 0 radical (unpaired) electrons. The van der Waals surface area contributed by atoms with Crippen molar-refractivity contribution >= 4 is 0 Å². The highest BCUT2D eigenvalue weighted by molar-refractivity contribution is 5.22. The van der Waals surface area contributed by atoms with Crippen LogP contribution in [0.15, 0.2) is 18.3 Å². The number of likely N-dealkylation sites (tertiary alicyclic amines) is 1. The van der Waals surface area contributed by atoms with Crippen LogP contribution in [0.4, 0.5) is 13.2 Å². The van der Waals surface area contributed by atoms with E-state index >= 15 is 0 Å². The molecule has 0 amide bonds. The van der Waals surface area contributed by atoms with E-state index in [2.05, 4.69) is 15.2 Å². The molecule has 136 valence electrons. The number of aliphatic hydroxyl groups is 1. The second-order valence-corrected chi connectivity index (χ2v) is 6.06. The van der Waals surface area contributed by atoms with Crippen molar-refractivity contribution in [1.29, 1.82) is 0 Å². The molecule has 2 heterocycles. The Morgan fingerprint density at radius 2 is 2.12 bits per heavy atom. The molecule has 2 rings (SSSR count). The summed E-state index contributed by atoms with van der Waals surface area (Å²) in [4.78, 5) is 6.01. The molecule has 1 fully saturated rings. The second-order valence-electron chi connectivity index (χ2n) is 6.06. The predicted molar refractivity (Wildman–Crippen MR) is 83.4 cm³/mol. The van der Waals surface area contributed by atoms with Gasteiger partial charge in [-0.25, -0.2) is 0 Å². The molecule has 0 aliphatic carbocycles. The van der Waals surface area contributed by atoms with Crippen LogP contribution in [0.3, 0.4) is 0 Å². The van der Waals surface area contributed by atoms with E-state index in [0.29, 0.717) is 13.2 Å². The number of hydrogen-bond donors (Lipinski definition) is 2. The molecule has 1 unspecified atom stereocenters.